The highest BCUT2D eigenvalue weighted by atomic mass is 16.5. The number of fused-ring (bicyclic) bond motifs is 1. The molecule has 1 aromatic carbocycles. The molecule has 1 aliphatic carbocycles. The number of ether oxygens (including phenoxy) is 1. The van der Waals surface area contributed by atoms with Gasteiger partial charge in [-0.25, -0.2) is 0 Å². The van der Waals surface area contributed by atoms with Crippen LogP contribution in [0.3, 0.4) is 0 Å². The predicted octanol–water partition coefficient (Wildman–Crippen LogP) is 3.67. The summed E-state index contributed by atoms with van der Waals surface area (Å²) in [5.41, 5.74) is 9.41. The SMILES string of the molecule is CC(C)C(N)C1CCc2cc(OCC(C)(C)CN(C)C)ccc21. The zero-order valence-corrected chi connectivity index (χ0v) is 15.7. The summed E-state index contributed by atoms with van der Waals surface area (Å²) in [7, 11) is 4.21. The predicted molar refractivity (Wildman–Crippen MR) is 98.1 cm³/mol. The van der Waals surface area contributed by atoms with Crippen LogP contribution in [0.1, 0.15) is 51.2 Å². The molecule has 23 heavy (non-hydrogen) atoms. The molecule has 0 saturated heterocycles. The number of nitrogens with zero attached hydrogens (tertiary/aromatic N) is 1. The molecule has 0 aromatic heterocycles. The minimum atomic E-state index is 0.144. The summed E-state index contributed by atoms with van der Waals surface area (Å²) in [5, 5.41) is 0. The van der Waals surface area contributed by atoms with Crippen LogP contribution in [0.4, 0.5) is 0 Å². The first-order valence-corrected chi connectivity index (χ1v) is 8.85. The topological polar surface area (TPSA) is 38.5 Å². The number of aryl methyl sites for hydroxylation is 1. The van der Waals surface area contributed by atoms with Gasteiger partial charge in [-0.2, -0.15) is 0 Å². The van der Waals surface area contributed by atoms with E-state index in [2.05, 4.69) is 64.9 Å². The van der Waals surface area contributed by atoms with Crippen LogP contribution in [0.5, 0.6) is 5.75 Å². The van der Waals surface area contributed by atoms with Crippen molar-refractivity contribution in [3.8, 4) is 5.75 Å². The molecule has 0 radical (unpaired) electrons. The molecule has 0 heterocycles. The van der Waals surface area contributed by atoms with E-state index in [0.717, 1.165) is 25.3 Å². The van der Waals surface area contributed by atoms with E-state index in [9.17, 15) is 0 Å². The number of rotatable bonds is 7. The fraction of sp³-hybridized carbons (Fsp3) is 0.700. The van der Waals surface area contributed by atoms with Crippen molar-refractivity contribution in [3.63, 3.8) is 0 Å². The first-order valence-electron chi connectivity index (χ1n) is 8.85. The molecule has 1 aromatic rings. The van der Waals surface area contributed by atoms with Crippen LogP contribution in [-0.2, 0) is 6.42 Å². The van der Waals surface area contributed by atoms with Crippen molar-refractivity contribution < 1.29 is 4.74 Å². The highest BCUT2D eigenvalue weighted by molar-refractivity contribution is 5.41. The molecule has 0 saturated carbocycles. The molecular weight excluding hydrogens is 284 g/mol. The van der Waals surface area contributed by atoms with Crippen LogP contribution < -0.4 is 10.5 Å². The molecule has 2 atom stereocenters. The fourth-order valence-corrected chi connectivity index (χ4v) is 3.76. The van der Waals surface area contributed by atoms with Gasteiger partial charge in [0, 0.05) is 18.0 Å². The van der Waals surface area contributed by atoms with Gasteiger partial charge in [-0.15, -0.1) is 0 Å². The van der Waals surface area contributed by atoms with Gasteiger partial charge < -0.3 is 15.4 Å². The van der Waals surface area contributed by atoms with E-state index in [1.165, 1.54) is 17.5 Å². The summed E-state index contributed by atoms with van der Waals surface area (Å²) in [6.07, 6.45) is 2.29. The van der Waals surface area contributed by atoms with Gasteiger partial charge in [-0.3, -0.25) is 0 Å². The smallest absolute Gasteiger partial charge is 0.119 e. The van der Waals surface area contributed by atoms with Crippen LogP contribution in [-0.4, -0.2) is 38.2 Å². The third kappa shape index (κ3) is 4.71. The highest BCUT2D eigenvalue weighted by Gasteiger charge is 2.29. The molecular formula is C20H34N2O. The fourth-order valence-electron chi connectivity index (χ4n) is 3.76. The lowest BCUT2D eigenvalue weighted by molar-refractivity contribution is 0.141. The Morgan fingerprint density at radius 1 is 1.30 bits per heavy atom. The Morgan fingerprint density at radius 2 is 2.00 bits per heavy atom. The maximum Gasteiger partial charge on any atom is 0.119 e. The quantitative estimate of drug-likeness (QED) is 0.833. The van der Waals surface area contributed by atoms with Gasteiger partial charge in [-0.1, -0.05) is 33.8 Å². The van der Waals surface area contributed by atoms with Crippen LogP contribution in [0.25, 0.3) is 0 Å². The van der Waals surface area contributed by atoms with Crippen molar-refractivity contribution in [3.05, 3.63) is 29.3 Å². The second-order valence-electron chi connectivity index (χ2n) is 8.52. The van der Waals surface area contributed by atoms with Gasteiger partial charge in [0.05, 0.1) is 6.61 Å². The molecule has 1 aliphatic rings. The molecule has 0 aliphatic heterocycles. The highest BCUT2D eigenvalue weighted by Crippen LogP contribution is 2.38. The van der Waals surface area contributed by atoms with Crippen molar-refractivity contribution in [1.82, 2.24) is 4.90 Å². The molecule has 3 nitrogen and oxygen atoms in total. The summed E-state index contributed by atoms with van der Waals surface area (Å²) in [6, 6.07) is 6.84. The van der Waals surface area contributed by atoms with Gasteiger partial charge in [0.15, 0.2) is 0 Å². The lowest BCUT2D eigenvalue weighted by Crippen LogP contribution is -2.33. The lowest BCUT2D eigenvalue weighted by Gasteiger charge is -2.28. The Hall–Kier alpha value is -1.06. The monoisotopic (exact) mass is 318 g/mol. The Kier molecular flexibility index (Phi) is 5.74. The third-order valence-electron chi connectivity index (χ3n) is 4.85. The molecule has 2 N–H and O–H groups in total. The normalized spacial score (nSPS) is 19.3. The van der Waals surface area contributed by atoms with Gasteiger partial charge in [0.25, 0.3) is 0 Å². The molecule has 130 valence electrons. The second kappa shape index (κ2) is 7.23. The first kappa shape index (κ1) is 18.3. The van der Waals surface area contributed by atoms with E-state index < -0.39 is 0 Å². The molecule has 0 amide bonds. The van der Waals surface area contributed by atoms with Crippen LogP contribution in [0.2, 0.25) is 0 Å². The minimum Gasteiger partial charge on any atom is -0.493 e. The maximum absolute atomic E-state index is 6.40. The van der Waals surface area contributed by atoms with Crippen LogP contribution in [0.15, 0.2) is 18.2 Å². The van der Waals surface area contributed by atoms with E-state index in [-0.39, 0.29) is 11.5 Å². The number of benzene rings is 1. The molecule has 0 spiro atoms. The van der Waals surface area contributed by atoms with Gasteiger partial charge in [0.1, 0.15) is 5.75 Å². The number of hydrogen-bond donors (Lipinski definition) is 1. The first-order chi connectivity index (χ1) is 10.7. The van der Waals surface area contributed by atoms with E-state index in [1.54, 1.807) is 0 Å². The number of nitrogens with two attached hydrogens (primary N) is 1. The van der Waals surface area contributed by atoms with E-state index in [1.807, 2.05) is 0 Å². The van der Waals surface area contributed by atoms with Crippen LogP contribution >= 0.6 is 0 Å². The van der Waals surface area contributed by atoms with E-state index in [4.69, 9.17) is 10.5 Å². The molecule has 3 heteroatoms. The molecule has 2 unspecified atom stereocenters. The minimum absolute atomic E-state index is 0.144. The van der Waals surface area contributed by atoms with Crippen molar-refractivity contribution >= 4 is 0 Å². The molecule has 0 fully saturated rings. The zero-order valence-electron chi connectivity index (χ0n) is 15.7. The molecule has 0 bridgehead atoms. The van der Waals surface area contributed by atoms with Crippen molar-refractivity contribution in [1.29, 1.82) is 0 Å². The van der Waals surface area contributed by atoms with Gasteiger partial charge in [0.2, 0.25) is 0 Å². The van der Waals surface area contributed by atoms with E-state index >= 15 is 0 Å². The Balaban J connectivity index is 2.03. The summed E-state index contributed by atoms with van der Waals surface area (Å²) < 4.78 is 6.08. The van der Waals surface area contributed by atoms with E-state index in [0.29, 0.717) is 11.8 Å². The largest absolute Gasteiger partial charge is 0.493 e. The standard InChI is InChI=1S/C20H34N2O/c1-14(2)19(21)18-9-7-15-11-16(8-10-17(15)18)23-13-20(3,4)12-22(5)6/h8,10-11,14,18-19H,7,9,12-13,21H2,1-6H3. The summed E-state index contributed by atoms with van der Waals surface area (Å²) in [6.45, 7) is 10.7. The van der Waals surface area contributed by atoms with Crippen LogP contribution in [0, 0.1) is 11.3 Å². The molecule has 2 rings (SSSR count). The van der Waals surface area contributed by atoms with Crippen molar-refractivity contribution in [2.24, 2.45) is 17.1 Å². The Bertz CT molecular complexity index is 522. The zero-order chi connectivity index (χ0) is 17.2. The van der Waals surface area contributed by atoms with Gasteiger partial charge in [-0.05, 0) is 62.0 Å². The maximum atomic E-state index is 6.40. The summed E-state index contributed by atoms with van der Waals surface area (Å²) >= 11 is 0. The summed E-state index contributed by atoms with van der Waals surface area (Å²) in [5.74, 6) is 2.02. The lowest BCUT2D eigenvalue weighted by atomic mass is 9.87. The Morgan fingerprint density at radius 3 is 2.61 bits per heavy atom. The third-order valence-corrected chi connectivity index (χ3v) is 4.85. The average Bonchev–Trinajstić information content (AvgIpc) is 2.86. The Labute approximate surface area is 142 Å². The average molecular weight is 319 g/mol. The van der Waals surface area contributed by atoms with Crippen molar-refractivity contribution in [2.45, 2.75) is 52.5 Å². The van der Waals surface area contributed by atoms with Gasteiger partial charge >= 0.3 is 0 Å². The van der Waals surface area contributed by atoms with Crippen molar-refractivity contribution in [2.75, 3.05) is 27.2 Å². The number of hydrogen-bond acceptors (Lipinski definition) is 3. The second-order valence-corrected chi connectivity index (χ2v) is 8.52. The summed E-state index contributed by atoms with van der Waals surface area (Å²) in [4.78, 5) is 2.21.